The number of aliphatic imine (C=N–C) groups is 1. The first-order valence-electron chi connectivity index (χ1n) is 10.4. The minimum atomic E-state index is 0. The molecule has 2 aliphatic rings. The molecule has 2 fully saturated rings. The van der Waals surface area contributed by atoms with E-state index in [9.17, 15) is 4.79 Å². The molecule has 1 aromatic heterocycles. The number of hydrogen-bond acceptors (Lipinski definition) is 4. The van der Waals surface area contributed by atoms with Gasteiger partial charge in [0.15, 0.2) is 5.96 Å². The number of halogens is 2. The first kappa shape index (κ1) is 24.0. The molecular weight excluding hydrogens is 503 g/mol. The van der Waals surface area contributed by atoms with Crippen molar-refractivity contribution in [2.24, 2.45) is 10.9 Å². The molecule has 0 bridgehead atoms. The quantitative estimate of drug-likeness (QED) is 0.207. The summed E-state index contributed by atoms with van der Waals surface area (Å²) in [5, 5.41) is 10.5. The largest absolute Gasteiger partial charge is 0.357 e. The molecule has 3 N–H and O–H groups in total. The maximum absolute atomic E-state index is 11.8. The number of guanidine groups is 1. The average molecular weight is 535 g/mol. The molecule has 1 saturated heterocycles. The average Bonchev–Trinajstić information content (AvgIpc) is 3.08. The molecule has 3 rings (SSSR count). The molecule has 0 aromatic carbocycles. The van der Waals surface area contributed by atoms with Crippen LogP contribution in [0.3, 0.4) is 0 Å². The summed E-state index contributed by atoms with van der Waals surface area (Å²) in [6, 6.07) is 4.02. The summed E-state index contributed by atoms with van der Waals surface area (Å²) in [7, 11) is 0. The van der Waals surface area contributed by atoms with Crippen LogP contribution in [0.4, 0.5) is 5.82 Å². The predicted molar refractivity (Wildman–Crippen MR) is 129 cm³/mol. The zero-order valence-electron chi connectivity index (χ0n) is 17.0. The van der Waals surface area contributed by atoms with Crippen LogP contribution >= 0.6 is 35.6 Å². The van der Waals surface area contributed by atoms with Crippen molar-refractivity contribution in [1.29, 1.82) is 0 Å². The third-order valence-corrected chi connectivity index (χ3v) is 5.59. The van der Waals surface area contributed by atoms with E-state index in [1.807, 2.05) is 12.1 Å². The van der Waals surface area contributed by atoms with Gasteiger partial charge in [0.05, 0.1) is 5.02 Å². The van der Waals surface area contributed by atoms with Crippen LogP contribution < -0.4 is 20.9 Å². The number of amides is 1. The first-order valence-corrected chi connectivity index (χ1v) is 10.7. The van der Waals surface area contributed by atoms with E-state index < -0.39 is 0 Å². The smallest absolute Gasteiger partial charge is 0.223 e. The molecule has 7 nitrogen and oxygen atoms in total. The zero-order chi connectivity index (χ0) is 19.8. The molecule has 9 heteroatoms. The van der Waals surface area contributed by atoms with Crippen molar-refractivity contribution in [3.8, 4) is 0 Å². The number of nitrogens with one attached hydrogen (secondary N) is 3. The lowest BCUT2D eigenvalue weighted by Crippen LogP contribution is -2.44. The van der Waals surface area contributed by atoms with Crippen molar-refractivity contribution in [3.05, 3.63) is 23.4 Å². The maximum Gasteiger partial charge on any atom is 0.223 e. The van der Waals surface area contributed by atoms with E-state index in [0.29, 0.717) is 24.2 Å². The van der Waals surface area contributed by atoms with Crippen LogP contribution in [0.1, 0.15) is 39.0 Å². The molecule has 162 valence electrons. The third-order valence-electron chi connectivity index (χ3n) is 5.29. The molecule has 1 amide bonds. The number of nitrogens with zero attached hydrogens (tertiary/aromatic N) is 3. The second-order valence-electron chi connectivity index (χ2n) is 7.42. The van der Waals surface area contributed by atoms with Gasteiger partial charge in [-0.1, -0.05) is 18.0 Å². The van der Waals surface area contributed by atoms with Gasteiger partial charge in [-0.15, -0.1) is 24.0 Å². The second kappa shape index (κ2) is 12.4. The molecule has 1 saturated carbocycles. The molecule has 0 radical (unpaired) electrons. The topological polar surface area (TPSA) is 81.6 Å². The van der Waals surface area contributed by atoms with E-state index >= 15 is 0 Å². The summed E-state index contributed by atoms with van der Waals surface area (Å²) in [4.78, 5) is 23.1. The summed E-state index contributed by atoms with van der Waals surface area (Å²) in [5.41, 5.74) is 0. The molecule has 1 atom stereocenters. The zero-order valence-corrected chi connectivity index (χ0v) is 20.1. The van der Waals surface area contributed by atoms with E-state index in [-0.39, 0.29) is 35.8 Å². The second-order valence-corrected chi connectivity index (χ2v) is 7.83. The Balaban J connectivity index is 0.00000300. The molecule has 29 heavy (non-hydrogen) atoms. The van der Waals surface area contributed by atoms with Crippen LogP contribution in [0, 0.1) is 5.92 Å². The van der Waals surface area contributed by atoms with Crippen LogP contribution in [-0.2, 0) is 4.79 Å². The Hall–Kier alpha value is -1.29. The standard InChI is InChI=1S/C20H31ClN6O.HI/c1-2-22-20(25-12-5-11-24-19(28)15-6-3-7-15)26-16-9-13-27(14-16)18-17(21)8-4-10-23-18;/h4,8,10,15-16H,2-3,5-7,9,11-14H2,1H3,(H,24,28)(H2,22,25,26);1H. The van der Waals surface area contributed by atoms with Gasteiger partial charge in [0.25, 0.3) is 0 Å². The highest BCUT2D eigenvalue weighted by atomic mass is 127. The Bertz CT molecular complexity index is 685. The predicted octanol–water partition coefficient (Wildman–Crippen LogP) is 2.79. The van der Waals surface area contributed by atoms with Gasteiger partial charge in [-0.3, -0.25) is 9.79 Å². The molecule has 1 aliphatic carbocycles. The molecule has 0 spiro atoms. The SMILES string of the molecule is CCNC(=NCCCNC(=O)C1CCC1)NC1CCN(c2ncccc2Cl)C1.I. The van der Waals surface area contributed by atoms with Gasteiger partial charge in [-0.2, -0.15) is 0 Å². The van der Waals surface area contributed by atoms with Gasteiger partial charge in [-0.05, 0) is 44.7 Å². The highest BCUT2D eigenvalue weighted by molar-refractivity contribution is 14.0. The van der Waals surface area contributed by atoms with Gasteiger partial charge in [0.2, 0.25) is 5.91 Å². The van der Waals surface area contributed by atoms with E-state index in [1.165, 1.54) is 6.42 Å². The Morgan fingerprint density at radius 2 is 2.17 bits per heavy atom. The molecule has 1 aliphatic heterocycles. The number of carbonyl (C=O) groups excluding carboxylic acids is 1. The number of aromatic nitrogens is 1. The van der Waals surface area contributed by atoms with Crippen LogP contribution in [0.25, 0.3) is 0 Å². The van der Waals surface area contributed by atoms with Gasteiger partial charge in [0, 0.05) is 50.9 Å². The van der Waals surface area contributed by atoms with Gasteiger partial charge < -0.3 is 20.9 Å². The van der Waals surface area contributed by atoms with Crippen LogP contribution in [0.15, 0.2) is 23.3 Å². The van der Waals surface area contributed by atoms with Crippen molar-refractivity contribution in [2.45, 2.75) is 45.1 Å². The van der Waals surface area contributed by atoms with Crippen LogP contribution in [0.5, 0.6) is 0 Å². The van der Waals surface area contributed by atoms with Crippen molar-refractivity contribution >= 4 is 53.3 Å². The summed E-state index contributed by atoms with van der Waals surface area (Å²) in [6.45, 7) is 6.01. The Morgan fingerprint density at radius 1 is 1.34 bits per heavy atom. The van der Waals surface area contributed by atoms with Crippen molar-refractivity contribution < 1.29 is 4.79 Å². The van der Waals surface area contributed by atoms with Crippen molar-refractivity contribution in [3.63, 3.8) is 0 Å². The summed E-state index contributed by atoms with van der Waals surface area (Å²) in [6.07, 6.45) is 6.90. The third kappa shape index (κ3) is 7.16. The molecule has 1 aromatic rings. The minimum absolute atomic E-state index is 0. The number of carbonyl (C=O) groups is 1. The van der Waals surface area contributed by atoms with Gasteiger partial charge in [-0.25, -0.2) is 4.98 Å². The Labute approximate surface area is 195 Å². The summed E-state index contributed by atoms with van der Waals surface area (Å²) < 4.78 is 0. The highest BCUT2D eigenvalue weighted by Crippen LogP contribution is 2.26. The molecule has 2 heterocycles. The summed E-state index contributed by atoms with van der Waals surface area (Å²) >= 11 is 6.27. The fourth-order valence-corrected chi connectivity index (χ4v) is 3.73. The van der Waals surface area contributed by atoms with E-state index in [0.717, 1.165) is 57.1 Å². The van der Waals surface area contributed by atoms with Crippen LogP contribution in [-0.4, -0.2) is 55.6 Å². The molecular formula is C20H32ClIN6O. The Morgan fingerprint density at radius 3 is 2.86 bits per heavy atom. The van der Waals surface area contributed by atoms with Crippen LogP contribution in [0.2, 0.25) is 5.02 Å². The fourth-order valence-electron chi connectivity index (χ4n) is 3.49. The summed E-state index contributed by atoms with van der Waals surface area (Å²) in [5.74, 6) is 2.13. The monoisotopic (exact) mass is 534 g/mol. The number of rotatable bonds is 8. The Kier molecular flexibility index (Phi) is 10.3. The van der Waals surface area contributed by atoms with E-state index in [2.05, 4.69) is 37.8 Å². The van der Waals surface area contributed by atoms with E-state index in [4.69, 9.17) is 11.6 Å². The highest BCUT2D eigenvalue weighted by Gasteiger charge is 2.26. The first-order chi connectivity index (χ1) is 13.7. The van der Waals surface area contributed by atoms with Gasteiger partial charge in [0.1, 0.15) is 5.82 Å². The molecule has 1 unspecified atom stereocenters. The normalized spacial score (nSPS) is 19.3. The lowest BCUT2D eigenvalue weighted by Gasteiger charge is -2.23. The number of pyridine rings is 1. The minimum Gasteiger partial charge on any atom is -0.357 e. The lowest BCUT2D eigenvalue weighted by atomic mass is 9.85. The van der Waals surface area contributed by atoms with Crippen molar-refractivity contribution in [2.75, 3.05) is 37.6 Å². The number of hydrogen-bond donors (Lipinski definition) is 3. The maximum atomic E-state index is 11.8. The lowest BCUT2D eigenvalue weighted by molar-refractivity contribution is -0.127. The van der Waals surface area contributed by atoms with Crippen molar-refractivity contribution in [1.82, 2.24) is 20.9 Å². The number of anilines is 1. The van der Waals surface area contributed by atoms with Gasteiger partial charge >= 0.3 is 0 Å². The fraction of sp³-hybridized carbons (Fsp3) is 0.650. The van der Waals surface area contributed by atoms with E-state index in [1.54, 1.807) is 6.20 Å².